The molecule has 2 bridgehead atoms. The average molecular weight is 472 g/mol. The third-order valence-electron chi connectivity index (χ3n) is 8.29. The first kappa shape index (κ1) is 24.5. The molecule has 0 unspecified atom stereocenters. The molecule has 0 radical (unpaired) electrons. The predicted octanol–water partition coefficient (Wildman–Crippen LogP) is 6.95. The second kappa shape index (κ2) is 12.2. The van der Waals surface area contributed by atoms with E-state index in [0.717, 1.165) is 26.2 Å². The zero-order valence-electron chi connectivity index (χ0n) is 21.1. The van der Waals surface area contributed by atoms with Crippen LogP contribution in [0.5, 0.6) is 0 Å². The molecule has 3 nitrogen and oxygen atoms in total. The maximum absolute atomic E-state index is 6.48. The molecule has 1 saturated carbocycles. The quantitative estimate of drug-likeness (QED) is 0.389. The number of piperidine rings is 1. The van der Waals surface area contributed by atoms with Crippen LogP contribution in [-0.4, -0.2) is 37.2 Å². The van der Waals surface area contributed by atoms with E-state index in [1.54, 1.807) is 5.57 Å². The lowest BCUT2D eigenvalue weighted by molar-refractivity contribution is -0.119. The third kappa shape index (κ3) is 6.33. The fourth-order valence-corrected chi connectivity index (χ4v) is 6.37. The van der Waals surface area contributed by atoms with Crippen LogP contribution in [-0.2, 0) is 22.7 Å². The molecule has 2 fully saturated rings. The normalized spacial score (nSPS) is 26.8. The van der Waals surface area contributed by atoms with Crippen LogP contribution in [0, 0.1) is 11.3 Å². The predicted molar refractivity (Wildman–Crippen MR) is 143 cm³/mol. The standard InChI is InChI=1S/C32H41NO2/c1-2-4-12-20-33-24-32(25-34-22-27-13-7-5-8-14-27,26-35-23-28-15-9-6-10-16-28)30-19-18-29(17-11-3-1)31(33)21-30/h1,3,5-10,13-17,30-31H,2,4,11-12,18-26H2/b3-1-,29-17-/t30-,31-/m0/s1. The summed E-state index contributed by atoms with van der Waals surface area (Å²) in [6.45, 7) is 5.15. The van der Waals surface area contributed by atoms with Gasteiger partial charge >= 0.3 is 0 Å². The molecule has 3 heteroatoms. The van der Waals surface area contributed by atoms with Crippen molar-refractivity contribution in [2.75, 3.05) is 26.3 Å². The van der Waals surface area contributed by atoms with Gasteiger partial charge in [0.15, 0.2) is 0 Å². The molecule has 0 aromatic heterocycles. The minimum atomic E-state index is 0.0457. The summed E-state index contributed by atoms with van der Waals surface area (Å²) in [6.07, 6.45) is 15.8. The molecule has 0 amide bonds. The Balaban J connectivity index is 1.33. The lowest BCUT2D eigenvalue weighted by atomic mass is 9.63. The van der Waals surface area contributed by atoms with Crippen LogP contribution in [0.3, 0.4) is 0 Å². The zero-order chi connectivity index (χ0) is 23.8. The molecular formula is C32H41NO2. The van der Waals surface area contributed by atoms with E-state index >= 15 is 0 Å². The Kier molecular flexibility index (Phi) is 8.51. The van der Waals surface area contributed by atoms with Crippen LogP contribution in [0.1, 0.15) is 56.1 Å². The number of benzene rings is 2. The molecule has 186 valence electrons. The molecule has 5 rings (SSSR count). The Morgan fingerprint density at radius 3 is 2.20 bits per heavy atom. The first-order valence-electron chi connectivity index (χ1n) is 13.6. The number of rotatable bonds is 8. The van der Waals surface area contributed by atoms with E-state index in [-0.39, 0.29) is 5.41 Å². The molecule has 2 aromatic carbocycles. The highest BCUT2D eigenvalue weighted by atomic mass is 16.5. The summed E-state index contributed by atoms with van der Waals surface area (Å²) < 4.78 is 13.0. The highest BCUT2D eigenvalue weighted by Gasteiger charge is 2.49. The molecule has 0 N–H and O–H groups in total. The van der Waals surface area contributed by atoms with Gasteiger partial charge in [-0.05, 0) is 68.5 Å². The highest BCUT2D eigenvalue weighted by molar-refractivity contribution is 5.21. The van der Waals surface area contributed by atoms with Gasteiger partial charge in [0.05, 0.1) is 26.4 Å². The van der Waals surface area contributed by atoms with E-state index in [1.165, 1.54) is 56.2 Å². The van der Waals surface area contributed by atoms with Crippen molar-refractivity contribution in [1.82, 2.24) is 4.90 Å². The molecule has 2 atom stereocenters. The Morgan fingerprint density at radius 1 is 0.829 bits per heavy atom. The topological polar surface area (TPSA) is 21.7 Å². The smallest absolute Gasteiger partial charge is 0.0717 e. The number of ether oxygens (including phenoxy) is 2. The molecule has 3 aliphatic rings. The highest BCUT2D eigenvalue weighted by Crippen LogP contribution is 2.48. The maximum Gasteiger partial charge on any atom is 0.0717 e. The summed E-state index contributed by atoms with van der Waals surface area (Å²) in [5.74, 6) is 0.646. The Morgan fingerprint density at radius 2 is 1.51 bits per heavy atom. The molecule has 2 heterocycles. The van der Waals surface area contributed by atoms with Crippen LogP contribution in [0.25, 0.3) is 0 Å². The van der Waals surface area contributed by atoms with Crippen molar-refractivity contribution in [3.05, 3.63) is 95.6 Å². The van der Waals surface area contributed by atoms with Gasteiger partial charge in [-0.3, -0.25) is 4.90 Å². The van der Waals surface area contributed by atoms with Crippen LogP contribution in [0.2, 0.25) is 0 Å². The molecule has 2 aromatic rings. The number of hydrogen-bond acceptors (Lipinski definition) is 3. The zero-order valence-corrected chi connectivity index (χ0v) is 21.1. The largest absolute Gasteiger partial charge is 0.376 e. The van der Waals surface area contributed by atoms with Crippen LogP contribution in [0.4, 0.5) is 0 Å². The second-order valence-electron chi connectivity index (χ2n) is 10.8. The molecule has 35 heavy (non-hydrogen) atoms. The lowest BCUT2D eigenvalue weighted by Crippen LogP contribution is -2.59. The van der Waals surface area contributed by atoms with E-state index in [9.17, 15) is 0 Å². The number of fused-ring (bicyclic) bond motifs is 1. The molecular weight excluding hydrogens is 430 g/mol. The van der Waals surface area contributed by atoms with Crippen molar-refractivity contribution in [2.45, 2.75) is 64.2 Å². The first-order chi connectivity index (χ1) is 17.3. The van der Waals surface area contributed by atoms with Crippen LogP contribution < -0.4 is 0 Å². The van der Waals surface area contributed by atoms with Gasteiger partial charge in [-0.25, -0.2) is 0 Å². The first-order valence-corrected chi connectivity index (χ1v) is 13.6. The van der Waals surface area contributed by atoms with Gasteiger partial charge in [-0.15, -0.1) is 0 Å². The average Bonchev–Trinajstić information content (AvgIpc) is 2.94. The molecule has 1 saturated heterocycles. The fraction of sp³-hybridized carbons (Fsp3) is 0.500. The summed E-state index contributed by atoms with van der Waals surface area (Å²) >= 11 is 0. The van der Waals surface area contributed by atoms with E-state index in [0.29, 0.717) is 25.2 Å². The monoisotopic (exact) mass is 471 g/mol. The Labute approximate surface area is 211 Å². The third-order valence-corrected chi connectivity index (χ3v) is 8.29. The number of hydrogen-bond donors (Lipinski definition) is 0. The van der Waals surface area contributed by atoms with Gasteiger partial charge in [0.2, 0.25) is 0 Å². The van der Waals surface area contributed by atoms with Gasteiger partial charge in [0.25, 0.3) is 0 Å². The van der Waals surface area contributed by atoms with Crippen LogP contribution in [0.15, 0.2) is 84.5 Å². The SMILES string of the molecule is C1=C\CCCCN2CC(COCc3ccccc3)(COCc3ccccc3)[C@H]3CC/C(=C/C/1)[C@@H]2C3. The van der Waals surface area contributed by atoms with E-state index in [2.05, 4.69) is 83.8 Å². The van der Waals surface area contributed by atoms with Crippen molar-refractivity contribution in [1.29, 1.82) is 0 Å². The Hall–Kier alpha value is -2.20. The summed E-state index contributed by atoms with van der Waals surface area (Å²) in [5.41, 5.74) is 4.22. The maximum atomic E-state index is 6.48. The van der Waals surface area contributed by atoms with Crippen molar-refractivity contribution in [3.63, 3.8) is 0 Å². The van der Waals surface area contributed by atoms with Gasteiger partial charge in [-0.1, -0.05) is 84.5 Å². The van der Waals surface area contributed by atoms with Gasteiger partial charge in [0.1, 0.15) is 0 Å². The molecule has 1 aliphatic carbocycles. The van der Waals surface area contributed by atoms with Crippen LogP contribution >= 0.6 is 0 Å². The van der Waals surface area contributed by atoms with Gasteiger partial charge in [-0.2, -0.15) is 0 Å². The van der Waals surface area contributed by atoms with E-state index in [1.807, 2.05) is 0 Å². The van der Waals surface area contributed by atoms with Gasteiger partial charge in [0, 0.05) is 18.0 Å². The summed E-state index contributed by atoms with van der Waals surface area (Å²) in [6, 6.07) is 21.8. The fourth-order valence-electron chi connectivity index (χ4n) is 6.37. The van der Waals surface area contributed by atoms with E-state index in [4.69, 9.17) is 9.47 Å². The van der Waals surface area contributed by atoms with Gasteiger partial charge < -0.3 is 9.47 Å². The van der Waals surface area contributed by atoms with Crippen molar-refractivity contribution in [2.24, 2.45) is 11.3 Å². The number of allylic oxidation sites excluding steroid dienone is 3. The van der Waals surface area contributed by atoms with Crippen molar-refractivity contribution < 1.29 is 9.47 Å². The molecule has 2 aliphatic heterocycles. The Bertz CT molecular complexity index is 922. The number of nitrogens with zero attached hydrogens (tertiary/aromatic N) is 1. The summed E-state index contributed by atoms with van der Waals surface area (Å²) in [7, 11) is 0. The second-order valence-corrected chi connectivity index (χ2v) is 10.8. The minimum Gasteiger partial charge on any atom is -0.376 e. The van der Waals surface area contributed by atoms with Crippen molar-refractivity contribution >= 4 is 0 Å². The molecule has 0 spiro atoms. The lowest BCUT2D eigenvalue weighted by Gasteiger charge is -2.55. The summed E-state index contributed by atoms with van der Waals surface area (Å²) in [4.78, 5) is 2.80. The summed E-state index contributed by atoms with van der Waals surface area (Å²) in [5, 5.41) is 0. The van der Waals surface area contributed by atoms with Crippen molar-refractivity contribution in [3.8, 4) is 0 Å². The van der Waals surface area contributed by atoms with E-state index < -0.39 is 0 Å². The minimum absolute atomic E-state index is 0.0457.